The van der Waals surface area contributed by atoms with E-state index in [0.717, 1.165) is 17.6 Å². The second kappa shape index (κ2) is 5.72. The Kier molecular flexibility index (Phi) is 3.73. The predicted octanol–water partition coefficient (Wildman–Crippen LogP) is 4.04. The molecule has 2 aromatic carbocycles. The molecule has 3 aromatic rings. The second-order valence-electron chi connectivity index (χ2n) is 4.92. The third kappa shape index (κ3) is 2.52. The lowest BCUT2D eigenvalue weighted by Gasteiger charge is -2.10. The van der Waals surface area contributed by atoms with Gasteiger partial charge in [-0.3, -0.25) is 0 Å². The first-order valence-corrected chi connectivity index (χ1v) is 6.81. The Balaban J connectivity index is 2.20. The van der Waals surface area contributed by atoms with Crippen LogP contribution in [0.25, 0.3) is 10.9 Å². The lowest BCUT2D eigenvalue weighted by molar-refractivity contribution is 0.0599. The van der Waals surface area contributed by atoms with Gasteiger partial charge in [0, 0.05) is 18.5 Å². The normalized spacial score (nSPS) is 10.8. The van der Waals surface area contributed by atoms with Gasteiger partial charge < -0.3 is 14.0 Å². The molecular formula is C17H13F2NO3. The minimum atomic E-state index is -0.855. The summed E-state index contributed by atoms with van der Waals surface area (Å²) in [7, 11) is 2.94. The number of benzene rings is 2. The molecule has 118 valence electrons. The number of carbonyl (C=O) groups is 1. The van der Waals surface area contributed by atoms with Crippen LogP contribution in [-0.4, -0.2) is 17.6 Å². The van der Waals surface area contributed by atoms with E-state index in [-0.39, 0.29) is 17.2 Å². The predicted molar refractivity (Wildman–Crippen MR) is 80.7 cm³/mol. The molecule has 1 heterocycles. The smallest absolute Gasteiger partial charge is 0.344 e. The van der Waals surface area contributed by atoms with Crippen LogP contribution in [0.5, 0.6) is 11.6 Å². The Morgan fingerprint density at radius 2 is 1.87 bits per heavy atom. The highest BCUT2D eigenvalue weighted by Crippen LogP contribution is 2.35. The molecule has 0 aliphatic heterocycles. The average molecular weight is 317 g/mol. The molecule has 0 saturated carbocycles. The van der Waals surface area contributed by atoms with Crippen LogP contribution in [0.1, 0.15) is 10.4 Å². The molecule has 0 saturated heterocycles. The first kappa shape index (κ1) is 15.0. The van der Waals surface area contributed by atoms with Crippen molar-refractivity contribution in [2.75, 3.05) is 7.11 Å². The summed E-state index contributed by atoms with van der Waals surface area (Å²) in [6.07, 6.45) is 0. The summed E-state index contributed by atoms with van der Waals surface area (Å²) in [5.41, 5.74) is 0.916. The number of carbonyl (C=O) groups excluding carboxylic acids is 1. The molecule has 3 rings (SSSR count). The summed E-state index contributed by atoms with van der Waals surface area (Å²) in [5.74, 6) is -2.21. The summed E-state index contributed by atoms with van der Waals surface area (Å²) in [6.45, 7) is 0. The largest absolute Gasteiger partial charge is 0.465 e. The van der Waals surface area contributed by atoms with E-state index in [2.05, 4.69) is 0 Å². The van der Waals surface area contributed by atoms with E-state index in [1.165, 1.54) is 13.2 Å². The monoisotopic (exact) mass is 317 g/mol. The number of fused-ring (bicyclic) bond motifs is 1. The van der Waals surface area contributed by atoms with E-state index in [0.29, 0.717) is 5.39 Å². The molecule has 0 aliphatic carbocycles. The number of hydrogen-bond acceptors (Lipinski definition) is 3. The fraction of sp³-hybridized carbons (Fsp3) is 0.118. The Bertz CT molecular complexity index is 902. The van der Waals surface area contributed by atoms with Gasteiger partial charge in [0.25, 0.3) is 0 Å². The Morgan fingerprint density at radius 1 is 1.13 bits per heavy atom. The van der Waals surface area contributed by atoms with Gasteiger partial charge in [0.15, 0.2) is 11.6 Å². The fourth-order valence-electron chi connectivity index (χ4n) is 2.45. The molecule has 1 aromatic heterocycles. The number of esters is 1. The van der Waals surface area contributed by atoms with Crippen molar-refractivity contribution in [3.05, 3.63) is 59.7 Å². The third-order valence-electron chi connectivity index (χ3n) is 3.54. The molecule has 0 atom stereocenters. The number of aryl methyl sites for hydroxylation is 1. The van der Waals surface area contributed by atoms with E-state index in [1.54, 1.807) is 29.8 Å². The zero-order valence-corrected chi connectivity index (χ0v) is 12.5. The van der Waals surface area contributed by atoms with E-state index in [1.807, 2.05) is 6.07 Å². The van der Waals surface area contributed by atoms with Crippen LogP contribution < -0.4 is 4.74 Å². The van der Waals surface area contributed by atoms with Gasteiger partial charge in [-0.25, -0.2) is 13.6 Å². The summed E-state index contributed by atoms with van der Waals surface area (Å²) < 4.78 is 38.8. The van der Waals surface area contributed by atoms with Crippen molar-refractivity contribution in [3.63, 3.8) is 0 Å². The number of nitrogens with zero attached hydrogens (tertiary/aromatic N) is 1. The standard InChI is InChI=1S/C17H13F2NO3/c1-20-13-6-4-3-5-11(13)15(17(21)22-2)16(20)23-14-8-7-10(18)9-12(14)19/h3-9H,1-2H3. The molecule has 0 unspecified atom stereocenters. The Labute approximate surface area is 130 Å². The molecule has 0 radical (unpaired) electrons. The number of ether oxygens (including phenoxy) is 2. The van der Waals surface area contributed by atoms with E-state index in [4.69, 9.17) is 9.47 Å². The molecule has 0 fully saturated rings. The number of hydrogen-bond donors (Lipinski definition) is 0. The minimum absolute atomic E-state index is 0.128. The highest BCUT2D eigenvalue weighted by atomic mass is 19.1. The summed E-state index contributed by atoms with van der Waals surface area (Å²) >= 11 is 0. The van der Waals surface area contributed by atoms with Gasteiger partial charge in [-0.1, -0.05) is 18.2 Å². The van der Waals surface area contributed by atoms with Gasteiger partial charge >= 0.3 is 5.97 Å². The quantitative estimate of drug-likeness (QED) is 0.685. The molecule has 0 amide bonds. The van der Waals surface area contributed by atoms with Gasteiger partial charge in [0.2, 0.25) is 5.88 Å². The summed E-state index contributed by atoms with van der Waals surface area (Å²) in [6, 6.07) is 10.1. The fourth-order valence-corrected chi connectivity index (χ4v) is 2.45. The van der Waals surface area contributed by atoms with Crippen molar-refractivity contribution >= 4 is 16.9 Å². The van der Waals surface area contributed by atoms with Crippen LogP contribution in [0.15, 0.2) is 42.5 Å². The number of methoxy groups -OCH3 is 1. The number of para-hydroxylation sites is 1. The van der Waals surface area contributed by atoms with Crippen molar-refractivity contribution in [1.29, 1.82) is 0 Å². The number of aromatic nitrogens is 1. The lowest BCUT2D eigenvalue weighted by atomic mass is 10.2. The molecule has 0 bridgehead atoms. The summed E-state index contributed by atoms with van der Waals surface area (Å²) in [4.78, 5) is 12.1. The van der Waals surface area contributed by atoms with Crippen LogP contribution in [0.2, 0.25) is 0 Å². The zero-order valence-electron chi connectivity index (χ0n) is 12.5. The van der Waals surface area contributed by atoms with E-state index in [9.17, 15) is 13.6 Å². The maximum atomic E-state index is 13.8. The van der Waals surface area contributed by atoms with Crippen LogP contribution in [-0.2, 0) is 11.8 Å². The highest BCUT2D eigenvalue weighted by molar-refractivity contribution is 6.07. The van der Waals surface area contributed by atoms with Gasteiger partial charge in [0.05, 0.1) is 12.6 Å². The molecule has 0 spiro atoms. The Morgan fingerprint density at radius 3 is 2.57 bits per heavy atom. The van der Waals surface area contributed by atoms with Crippen LogP contribution >= 0.6 is 0 Å². The van der Waals surface area contributed by atoms with Crippen molar-refractivity contribution in [3.8, 4) is 11.6 Å². The minimum Gasteiger partial charge on any atom is -0.465 e. The number of rotatable bonds is 3. The van der Waals surface area contributed by atoms with Crippen LogP contribution in [0.4, 0.5) is 8.78 Å². The third-order valence-corrected chi connectivity index (χ3v) is 3.54. The topological polar surface area (TPSA) is 40.5 Å². The van der Waals surface area contributed by atoms with Gasteiger partial charge in [-0.2, -0.15) is 0 Å². The van der Waals surface area contributed by atoms with E-state index < -0.39 is 17.6 Å². The average Bonchev–Trinajstić information content (AvgIpc) is 2.82. The van der Waals surface area contributed by atoms with Gasteiger partial charge in [-0.15, -0.1) is 0 Å². The van der Waals surface area contributed by atoms with Gasteiger partial charge in [0.1, 0.15) is 11.4 Å². The van der Waals surface area contributed by atoms with Crippen LogP contribution in [0, 0.1) is 11.6 Å². The SMILES string of the molecule is COC(=O)c1c(Oc2ccc(F)cc2F)n(C)c2ccccc12. The molecule has 0 aliphatic rings. The van der Waals surface area contributed by atoms with E-state index >= 15 is 0 Å². The van der Waals surface area contributed by atoms with Crippen LogP contribution in [0.3, 0.4) is 0 Å². The molecule has 23 heavy (non-hydrogen) atoms. The highest BCUT2D eigenvalue weighted by Gasteiger charge is 2.24. The first-order valence-electron chi connectivity index (χ1n) is 6.81. The maximum absolute atomic E-state index is 13.8. The van der Waals surface area contributed by atoms with Crippen molar-refractivity contribution in [2.24, 2.45) is 7.05 Å². The molecule has 6 heteroatoms. The van der Waals surface area contributed by atoms with Gasteiger partial charge in [-0.05, 0) is 18.2 Å². The molecule has 0 N–H and O–H groups in total. The zero-order chi connectivity index (χ0) is 16.6. The second-order valence-corrected chi connectivity index (χ2v) is 4.92. The first-order chi connectivity index (χ1) is 11.0. The Hall–Kier alpha value is -2.89. The van der Waals surface area contributed by atoms with Crippen molar-refractivity contribution < 1.29 is 23.0 Å². The molecular weight excluding hydrogens is 304 g/mol. The summed E-state index contributed by atoms with van der Waals surface area (Å²) in [5, 5.41) is 0.624. The molecule has 4 nitrogen and oxygen atoms in total. The number of halogens is 2. The maximum Gasteiger partial charge on any atom is 0.344 e. The van der Waals surface area contributed by atoms with Crippen molar-refractivity contribution in [2.45, 2.75) is 0 Å². The van der Waals surface area contributed by atoms with Crippen molar-refractivity contribution in [1.82, 2.24) is 4.57 Å². The lowest BCUT2D eigenvalue weighted by Crippen LogP contribution is -2.04.